The number of carbonyl (C=O) groups is 2. The number of hydrogen-bond donors (Lipinski definition) is 2. The molecule has 2 amide bonds. The van der Waals surface area contributed by atoms with E-state index >= 15 is 0 Å². The lowest BCUT2D eigenvalue weighted by Gasteiger charge is -2.11. The molecule has 0 spiro atoms. The molecule has 2 aromatic rings. The number of halogens is 3. The molecule has 2 N–H and O–H groups in total. The van der Waals surface area contributed by atoms with Crippen molar-refractivity contribution >= 4 is 17.5 Å². The van der Waals surface area contributed by atoms with Gasteiger partial charge >= 0.3 is 6.18 Å². The van der Waals surface area contributed by atoms with E-state index in [4.69, 9.17) is 4.74 Å². The van der Waals surface area contributed by atoms with Gasteiger partial charge in [0.1, 0.15) is 5.75 Å². The molecule has 0 heterocycles. The predicted octanol–water partition coefficient (Wildman–Crippen LogP) is 3.86. The first-order chi connectivity index (χ1) is 12.8. The first-order valence-corrected chi connectivity index (χ1v) is 8.27. The van der Waals surface area contributed by atoms with Crippen molar-refractivity contribution in [1.82, 2.24) is 5.32 Å². The van der Waals surface area contributed by atoms with Crippen molar-refractivity contribution in [2.24, 2.45) is 0 Å². The number of anilines is 1. The Bertz CT molecular complexity index is 790. The molecule has 8 heteroatoms. The highest BCUT2D eigenvalue weighted by molar-refractivity contribution is 5.94. The van der Waals surface area contributed by atoms with E-state index in [1.165, 1.54) is 12.1 Å². The van der Waals surface area contributed by atoms with Crippen molar-refractivity contribution in [3.05, 3.63) is 59.7 Å². The normalized spacial score (nSPS) is 11.0. The summed E-state index contributed by atoms with van der Waals surface area (Å²) in [5.41, 5.74) is -0.358. The van der Waals surface area contributed by atoms with E-state index in [9.17, 15) is 22.8 Å². The summed E-state index contributed by atoms with van der Waals surface area (Å²) in [6.07, 6.45) is -3.66. The van der Waals surface area contributed by atoms with Gasteiger partial charge in [-0.2, -0.15) is 13.2 Å². The molecule has 0 aliphatic carbocycles. The van der Waals surface area contributed by atoms with Crippen LogP contribution in [0.15, 0.2) is 48.5 Å². The fourth-order valence-electron chi connectivity index (χ4n) is 2.16. The molecule has 144 valence electrons. The van der Waals surface area contributed by atoms with Crippen LogP contribution < -0.4 is 15.4 Å². The third-order valence-corrected chi connectivity index (χ3v) is 3.50. The molecule has 0 saturated carbocycles. The number of alkyl halides is 3. The van der Waals surface area contributed by atoms with Crippen molar-refractivity contribution in [1.29, 1.82) is 0 Å². The minimum atomic E-state index is -4.48. The van der Waals surface area contributed by atoms with Gasteiger partial charge in [-0.25, -0.2) is 0 Å². The molecule has 2 aromatic carbocycles. The summed E-state index contributed by atoms with van der Waals surface area (Å²) in [5, 5.41) is 5.09. The van der Waals surface area contributed by atoms with Crippen LogP contribution in [0, 0.1) is 0 Å². The summed E-state index contributed by atoms with van der Waals surface area (Å²) in [6, 6.07) is 10.5. The highest BCUT2D eigenvalue weighted by Gasteiger charge is 2.30. The molecule has 0 aliphatic heterocycles. The van der Waals surface area contributed by atoms with Gasteiger partial charge in [0.15, 0.2) is 6.61 Å². The molecule has 2 rings (SSSR count). The molecule has 5 nitrogen and oxygen atoms in total. The van der Waals surface area contributed by atoms with E-state index in [1.54, 1.807) is 24.3 Å². The van der Waals surface area contributed by atoms with Crippen molar-refractivity contribution < 1.29 is 27.5 Å². The lowest BCUT2D eigenvalue weighted by molar-refractivity contribution is -0.137. The van der Waals surface area contributed by atoms with E-state index in [0.717, 1.165) is 18.6 Å². The SMILES string of the molecule is CCCNC(=O)c1ccc(OCC(=O)Nc2cccc(C(F)(F)F)c2)cc1. The van der Waals surface area contributed by atoms with E-state index in [-0.39, 0.29) is 18.2 Å². The third-order valence-electron chi connectivity index (χ3n) is 3.50. The van der Waals surface area contributed by atoms with Gasteiger partial charge in [0.05, 0.1) is 5.56 Å². The van der Waals surface area contributed by atoms with Crippen LogP contribution in [-0.2, 0) is 11.0 Å². The third kappa shape index (κ3) is 6.32. The standard InChI is InChI=1S/C19H19F3N2O3/c1-2-10-23-18(26)13-6-8-16(9-7-13)27-12-17(25)24-15-5-3-4-14(11-15)19(20,21)22/h3-9,11H,2,10,12H2,1H3,(H,23,26)(H,24,25). The van der Waals surface area contributed by atoms with Gasteiger partial charge in [-0.1, -0.05) is 13.0 Å². The Hall–Kier alpha value is -3.03. The zero-order valence-electron chi connectivity index (χ0n) is 14.6. The first-order valence-electron chi connectivity index (χ1n) is 8.27. The second-order valence-corrected chi connectivity index (χ2v) is 5.70. The maximum atomic E-state index is 12.7. The Balaban J connectivity index is 1.88. The van der Waals surface area contributed by atoms with Crippen LogP contribution in [0.25, 0.3) is 0 Å². The van der Waals surface area contributed by atoms with Crippen molar-refractivity contribution in [2.75, 3.05) is 18.5 Å². The topological polar surface area (TPSA) is 67.4 Å². The maximum absolute atomic E-state index is 12.7. The predicted molar refractivity (Wildman–Crippen MR) is 94.6 cm³/mol. The molecule has 0 aliphatic rings. The Morgan fingerprint density at radius 3 is 2.41 bits per heavy atom. The van der Waals surface area contributed by atoms with Crippen LogP contribution >= 0.6 is 0 Å². The minimum absolute atomic E-state index is 0.0290. The summed E-state index contributed by atoms with van der Waals surface area (Å²) in [5.74, 6) is -0.439. The van der Waals surface area contributed by atoms with Gasteiger partial charge in [0, 0.05) is 17.8 Å². The smallest absolute Gasteiger partial charge is 0.416 e. The average Bonchev–Trinajstić information content (AvgIpc) is 2.64. The van der Waals surface area contributed by atoms with Gasteiger partial charge in [0.25, 0.3) is 11.8 Å². The van der Waals surface area contributed by atoms with Crippen molar-refractivity contribution in [3.63, 3.8) is 0 Å². The monoisotopic (exact) mass is 380 g/mol. The quantitative estimate of drug-likeness (QED) is 0.767. The zero-order chi connectivity index (χ0) is 19.9. The summed E-state index contributed by atoms with van der Waals surface area (Å²) < 4.78 is 43.3. The van der Waals surface area contributed by atoms with E-state index in [0.29, 0.717) is 17.9 Å². The number of amides is 2. The van der Waals surface area contributed by atoms with Crippen LogP contribution in [0.5, 0.6) is 5.75 Å². The molecule has 0 fully saturated rings. The molecular formula is C19H19F3N2O3. The average molecular weight is 380 g/mol. The van der Waals surface area contributed by atoms with Crippen LogP contribution in [0.2, 0.25) is 0 Å². The molecule has 27 heavy (non-hydrogen) atoms. The van der Waals surface area contributed by atoms with Gasteiger partial charge in [-0.3, -0.25) is 9.59 Å². The Morgan fingerprint density at radius 2 is 1.78 bits per heavy atom. The second kappa shape index (κ2) is 9.07. The van der Waals surface area contributed by atoms with Crippen molar-refractivity contribution in [3.8, 4) is 5.75 Å². The van der Waals surface area contributed by atoms with Gasteiger partial charge in [-0.05, 0) is 48.9 Å². The molecular weight excluding hydrogens is 361 g/mol. The molecule has 0 unspecified atom stereocenters. The minimum Gasteiger partial charge on any atom is -0.484 e. The number of carbonyl (C=O) groups excluding carboxylic acids is 2. The van der Waals surface area contributed by atoms with Crippen LogP contribution in [-0.4, -0.2) is 25.0 Å². The van der Waals surface area contributed by atoms with Gasteiger partial charge in [-0.15, -0.1) is 0 Å². The number of nitrogens with one attached hydrogen (secondary N) is 2. The zero-order valence-corrected chi connectivity index (χ0v) is 14.6. The van der Waals surface area contributed by atoms with E-state index in [2.05, 4.69) is 10.6 Å². The Kier molecular flexibility index (Phi) is 6.81. The van der Waals surface area contributed by atoms with E-state index < -0.39 is 17.6 Å². The lowest BCUT2D eigenvalue weighted by atomic mass is 10.2. The summed E-state index contributed by atoms with van der Waals surface area (Å²) in [6.45, 7) is 2.14. The number of hydrogen-bond acceptors (Lipinski definition) is 3. The second-order valence-electron chi connectivity index (χ2n) is 5.70. The molecule has 0 aromatic heterocycles. The molecule has 0 atom stereocenters. The number of benzene rings is 2. The van der Waals surface area contributed by atoms with Gasteiger partial charge in [0.2, 0.25) is 0 Å². The van der Waals surface area contributed by atoms with E-state index in [1.807, 2.05) is 6.92 Å². The highest BCUT2D eigenvalue weighted by atomic mass is 19.4. The number of rotatable bonds is 7. The summed E-state index contributed by atoms with van der Waals surface area (Å²) in [4.78, 5) is 23.6. The Morgan fingerprint density at radius 1 is 1.07 bits per heavy atom. The molecule has 0 radical (unpaired) electrons. The van der Waals surface area contributed by atoms with Gasteiger partial charge < -0.3 is 15.4 Å². The Labute approximate surface area is 154 Å². The summed E-state index contributed by atoms with van der Waals surface area (Å²) >= 11 is 0. The fraction of sp³-hybridized carbons (Fsp3) is 0.263. The van der Waals surface area contributed by atoms with Crippen LogP contribution in [0.1, 0.15) is 29.3 Å². The molecule has 0 bridgehead atoms. The maximum Gasteiger partial charge on any atom is 0.416 e. The summed E-state index contributed by atoms with van der Waals surface area (Å²) in [7, 11) is 0. The van der Waals surface area contributed by atoms with Crippen LogP contribution in [0.3, 0.4) is 0 Å². The first kappa shape index (κ1) is 20.3. The highest BCUT2D eigenvalue weighted by Crippen LogP contribution is 2.30. The van der Waals surface area contributed by atoms with Crippen LogP contribution in [0.4, 0.5) is 18.9 Å². The number of ether oxygens (including phenoxy) is 1. The van der Waals surface area contributed by atoms with Crippen molar-refractivity contribution in [2.45, 2.75) is 19.5 Å². The lowest BCUT2D eigenvalue weighted by Crippen LogP contribution is -2.24. The largest absolute Gasteiger partial charge is 0.484 e. The fourth-order valence-corrected chi connectivity index (χ4v) is 2.16. The molecule has 0 saturated heterocycles.